The van der Waals surface area contributed by atoms with Crippen molar-refractivity contribution >= 4 is 17.7 Å². The molecule has 1 atom stereocenters. The number of ketones is 1. The fourth-order valence-corrected chi connectivity index (χ4v) is 3.52. The first kappa shape index (κ1) is 25.6. The summed E-state index contributed by atoms with van der Waals surface area (Å²) >= 11 is 0. The minimum Gasteiger partial charge on any atom is -1.00 e. The maximum absolute atomic E-state index is 12.3. The summed E-state index contributed by atoms with van der Waals surface area (Å²) in [6.45, 7) is 0.707. The van der Waals surface area contributed by atoms with Crippen molar-refractivity contribution in [1.29, 1.82) is 0 Å². The molecule has 0 N–H and O–H groups in total. The van der Waals surface area contributed by atoms with E-state index in [0.717, 1.165) is 44.1 Å². The number of rotatable bonds is 11. The molecule has 0 saturated carbocycles. The molecule has 29 heavy (non-hydrogen) atoms. The zero-order chi connectivity index (χ0) is 20.2. The number of carbonyl (C=O) groups is 3. The molecule has 0 aliphatic carbocycles. The average Bonchev–Trinajstić information content (AvgIpc) is 2.70. The number of allylic oxidation sites excluding steroid dienone is 1. The van der Waals surface area contributed by atoms with Crippen molar-refractivity contribution in [1.82, 2.24) is 4.90 Å². The van der Waals surface area contributed by atoms with Crippen molar-refractivity contribution in [2.24, 2.45) is 0 Å². The fraction of sp³-hybridized carbons (Fsp3) is 0.522. The van der Waals surface area contributed by atoms with Gasteiger partial charge in [0.2, 0.25) is 5.91 Å². The van der Waals surface area contributed by atoms with Gasteiger partial charge in [-0.05, 0) is 37.3 Å². The SMILES string of the molecule is COC(=O)CCCCCCN1C(=O)CCC[C@@H]1/C=C/C(=O)Cc1ccccc1.[H-].[Na+]. The van der Waals surface area contributed by atoms with Crippen LogP contribution in [-0.4, -0.2) is 42.3 Å². The molecule has 1 amide bonds. The molecule has 1 heterocycles. The van der Waals surface area contributed by atoms with Gasteiger partial charge in [0.05, 0.1) is 13.2 Å². The Hall–Kier alpha value is -1.43. The number of piperidine rings is 1. The topological polar surface area (TPSA) is 63.7 Å². The van der Waals surface area contributed by atoms with Crippen LogP contribution in [0.15, 0.2) is 42.5 Å². The molecule has 0 unspecified atom stereocenters. The van der Waals surface area contributed by atoms with Crippen LogP contribution in [0.5, 0.6) is 0 Å². The number of amides is 1. The van der Waals surface area contributed by atoms with E-state index in [2.05, 4.69) is 4.74 Å². The fourth-order valence-electron chi connectivity index (χ4n) is 3.52. The van der Waals surface area contributed by atoms with Gasteiger partial charge in [-0.2, -0.15) is 0 Å². The smallest absolute Gasteiger partial charge is 1.00 e. The summed E-state index contributed by atoms with van der Waals surface area (Å²) in [6.07, 6.45) is 10.4. The van der Waals surface area contributed by atoms with E-state index in [4.69, 9.17) is 0 Å². The van der Waals surface area contributed by atoms with Crippen molar-refractivity contribution in [3.05, 3.63) is 48.0 Å². The third-order valence-electron chi connectivity index (χ3n) is 5.09. The van der Waals surface area contributed by atoms with Crippen LogP contribution < -0.4 is 29.6 Å². The van der Waals surface area contributed by atoms with Crippen molar-refractivity contribution in [3.63, 3.8) is 0 Å². The predicted molar refractivity (Wildman–Crippen MR) is 110 cm³/mol. The summed E-state index contributed by atoms with van der Waals surface area (Å²) in [5.41, 5.74) is 1.00. The van der Waals surface area contributed by atoms with Crippen molar-refractivity contribution in [3.8, 4) is 0 Å². The zero-order valence-corrected chi connectivity index (χ0v) is 19.8. The Bertz CT molecular complexity index is 681. The van der Waals surface area contributed by atoms with E-state index in [9.17, 15) is 14.4 Å². The molecule has 0 aromatic heterocycles. The maximum atomic E-state index is 12.3. The maximum Gasteiger partial charge on any atom is 1.00 e. The van der Waals surface area contributed by atoms with Gasteiger partial charge in [0.25, 0.3) is 0 Å². The minimum absolute atomic E-state index is 0. The molecule has 1 aliphatic rings. The number of nitrogens with zero attached hydrogens (tertiary/aromatic N) is 1. The molecule has 2 rings (SSSR count). The van der Waals surface area contributed by atoms with E-state index in [1.165, 1.54) is 7.11 Å². The van der Waals surface area contributed by atoms with Crippen LogP contribution in [0.1, 0.15) is 58.4 Å². The summed E-state index contributed by atoms with van der Waals surface area (Å²) in [4.78, 5) is 37.6. The first-order chi connectivity index (χ1) is 13.6. The van der Waals surface area contributed by atoms with Gasteiger partial charge in [0, 0.05) is 25.8 Å². The van der Waals surface area contributed by atoms with E-state index in [1.807, 2.05) is 41.3 Å². The Morgan fingerprint density at radius 2 is 1.90 bits per heavy atom. The molecule has 6 heteroatoms. The van der Waals surface area contributed by atoms with Crippen molar-refractivity contribution < 1.29 is 50.1 Å². The van der Waals surface area contributed by atoms with Crippen LogP contribution in [0.4, 0.5) is 0 Å². The van der Waals surface area contributed by atoms with Crippen LogP contribution in [0.3, 0.4) is 0 Å². The van der Waals surface area contributed by atoms with Gasteiger partial charge in [0.15, 0.2) is 5.78 Å². The van der Waals surface area contributed by atoms with E-state index < -0.39 is 0 Å². The predicted octanol–water partition coefficient (Wildman–Crippen LogP) is 0.976. The second-order valence-electron chi connectivity index (χ2n) is 7.27. The molecule has 154 valence electrons. The molecule has 5 nitrogen and oxygen atoms in total. The number of likely N-dealkylation sites (tertiary alicyclic amines) is 1. The molecule has 1 aromatic carbocycles. The van der Waals surface area contributed by atoms with Crippen molar-refractivity contribution in [2.45, 2.75) is 63.8 Å². The van der Waals surface area contributed by atoms with Gasteiger partial charge in [0.1, 0.15) is 0 Å². The monoisotopic (exact) mass is 409 g/mol. The molecule has 1 aromatic rings. The van der Waals surface area contributed by atoms with Gasteiger partial charge in [-0.15, -0.1) is 0 Å². The Balaban J connectivity index is 0.00000420. The number of unbranched alkanes of at least 4 members (excludes halogenated alkanes) is 3. The normalized spacial score (nSPS) is 16.5. The number of benzene rings is 1. The van der Waals surface area contributed by atoms with E-state index in [0.29, 0.717) is 25.8 Å². The minimum atomic E-state index is -0.170. The molecular formula is C23H32NNaO4. The molecule has 1 saturated heterocycles. The zero-order valence-electron chi connectivity index (χ0n) is 18.8. The summed E-state index contributed by atoms with van der Waals surface area (Å²) in [5.74, 6) is 0.0644. The Morgan fingerprint density at radius 1 is 1.17 bits per heavy atom. The van der Waals surface area contributed by atoms with Gasteiger partial charge < -0.3 is 11.1 Å². The molecule has 0 radical (unpaired) electrons. The van der Waals surface area contributed by atoms with Gasteiger partial charge in [-0.25, -0.2) is 0 Å². The summed E-state index contributed by atoms with van der Waals surface area (Å²) in [5, 5.41) is 0. The molecule has 0 spiro atoms. The summed E-state index contributed by atoms with van der Waals surface area (Å²) in [6, 6.07) is 9.70. The number of ether oxygens (including phenoxy) is 1. The Morgan fingerprint density at radius 3 is 2.62 bits per heavy atom. The standard InChI is InChI=1S/C23H31NO4.Na.H/c1-28-23(27)14-7-2-3-8-17-24-20(12-9-13-22(24)26)15-16-21(25)18-19-10-5-4-6-11-19;;/h4-6,10-11,15-16,20H,2-3,7-9,12-14,17-18H2,1H3;;/q;+1;-1/b16-15+;;/t20-;;/m1../s1. The largest absolute Gasteiger partial charge is 1.00 e. The van der Waals surface area contributed by atoms with E-state index >= 15 is 0 Å². The van der Waals surface area contributed by atoms with Crippen LogP contribution in [-0.2, 0) is 25.5 Å². The van der Waals surface area contributed by atoms with Crippen LogP contribution in [0.25, 0.3) is 0 Å². The number of methoxy groups -OCH3 is 1. The van der Waals surface area contributed by atoms with Crippen LogP contribution >= 0.6 is 0 Å². The quantitative estimate of drug-likeness (QED) is 0.237. The first-order valence-electron chi connectivity index (χ1n) is 10.2. The summed E-state index contributed by atoms with van der Waals surface area (Å²) in [7, 11) is 1.41. The molecule has 1 fully saturated rings. The van der Waals surface area contributed by atoms with Gasteiger partial charge in [-0.1, -0.05) is 49.2 Å². The number of hydrogen-bond acceptors (Lipinski definition) is 4. The third kappa shape index (κ3) is 9.75. The van der Waals surface area contributed by atoms with E-state index in [-0.39, 0.29) is 54.7 Å². The van der Waals surface area contributed by atoms with Crippen molar-refractivity contribution in [2.75, 3.05) is 13.7 Å². The van der Waals surface area contributed by atoms with Gasteiger partial charge in [-0.3, -0.25) is 14.4 Å². The van der Waals surface area contributed by atoms with Gasteiger partial charge >= 0.3 is 35.5 Å². The second-order valence-corrected chi connectivity index (χ2v) is 7.27. The molecular weight excluding hydrogens is 377 g/mol. The Kier molecular flexibility index (Phi) is 12.8. The summed E-state index contributed by atoms with van der Waals surface area (Å²) < 4.78 is 4.64. The molecule has 1 aliphatic heterocycles. The van der Waals surface area contributed by atoms with Crippen LogP contribution in [0.2, 0.25) is 0 Å². The number of esters is 1. The first-order valence-corrected chi connectivity index (χ1v) is 10.2. The second kappa shape index (κ2) is 14.5. The Labute approximate surface area is 197 Å². The van der Waals surface area contributed by atoms with E-state index in [1.54, 1.807) is 6.08 Å². The molecule has 0 bridgehead atoms. The average molecular weight is 410 g/mol. The number of hydrogen-bond donors (Lipinski definition) is 0. The van der Waals surface area contributed by atoms with Crippen LogP contribution in [0, 0.1) is 0 Å². The third-order valence-corrected chi connectivity index (χ3v) is 5.09. The number of carbonyl (C=O) groups excluding carboxylic acids is 3.